The van der Waals surface area contributed by atoms with Crippen molar-refractivity contribution in [1.82, 2.24) is 4.57 Å². The number of anilines is 2. The van der Waals surface area contributed by atoms with Gasteiger partial charge in [-0.3, -0.25) is 0 Å². The number of hydrogen-bond acceptors (Lipinski definition) is 3. The van der Waals surface area contributed by atoms with Crippen LogP contribution in [0.15, 0.2) is 138 Å². The van der Waals surface area contributed by atoms with Crippen LogP contribution in [0.2, 0.25) is 0 Å². The van der Waals surface area contributed by atoms with E-state index < -0.39 is 0 Å². The minimum absolute atomic E-state index is 0.0191. The van der Waals surface area contributed by atoms with Crippen LogP contribution in [0.4, 0.5) is 11.4 Å². The summed E-state index contributed by atoms with van der Waals surface area (Å²) in [5, 5.41) is 11.5. The summed E-state index contributed by atoms with van der Waals surface area (Å²) in [6.07, 6.45) is 0. The van der Waals surface area contributed by atoms with E-state index in [0.29, 0.717) is 0 Å². The largest absolute Gasteiger partial charge is 0.455 e. The first-order valence-electron chi connectivity index (χ1n) is 24.5. The quantitative estimate of drug-likeness (QED) is 0.179. The SMILES string of the molecule is CC(C)(C)c1ccc(Nc2cc3sc4ccc(C(C)(C)C)cc4c3cc2-c2c3c4c(c5cc(C(C)(C)C)ccc5n4-c4cc5c(cc4B3)-c3ccccc3C5(C)C)c3c2oc2ccccc23)cc1. The fourth-order valence-electron chi connectivity index (χ4n) is 11.9. The molecule has 68 heavy (non-hydrogen) atoms. The molecule has 3 nitrogen and oxygen atoms in total. The normalized spacial score (nSPS) is 14.3. The number of hydrogen-bond donors (Lipinski definition) is 1. The molecule has 0 saturated heterocycles. The molecule has 13 rings (SSSR count). The van der Waals surface area contributed by atoms with Gasteiger partial charge >= 0.3 is 0 Å². The van der Waals surface area contributed by atoms with Gasteiger partial charge in [0.25, 0.3) is 0 Å². The van der Waals surface area contributed by atoms with Crippen molar-refractivity contribution in [3.8, 4) is 27.9 Å². The molecule has 0 spiro atoms. The Morgan fingerprint density at radius 1 is 0.559 bits per heavy atom. The lowest BCUT2D eigenvalue weighted by Crippen LogP contribution is -2.38. The molecule has 0 atom stereocenters. The fraction of sp³-hybridized carbons (Fsp3) is 0.238. The molecule has 8 aromatic carbocycles. The molecule has 4 heterocycles. The predicted octanol–water partition coefficient (Wildman–Crippen LogP) is 16.4. The smallest absolute Gasteiger partial charge is 0.198 e. The second-order valence-corrected chi connectivity index (χ2v) is 24.6. The number of fused-ring (bicyclic) bond motifs is 15. The van der Waals surface area contributed by atoms with E-state index in [1.54, 1.807) is 0 Å². The van der Waals surface area contributed by atoms with Crippen LogP contribution in [0.1, 0.15) is 104 Å². The van der Waals surface area contributed by atoms with Gasteiger partial charge in [0.15, 0.2) is 7.28 Å². The van der Waals surface area contributed by atoms with Gasteiger partial charge in [-0.2, -0.15) is 0 Å². The highest BCUT2D eigenvalue weighted by Gasteiger charge is 2.39. The molecule has 2 aliphatic rings. The molecule has 5 heteroatoms. The molecule has 1 N–H and O–H groups in total. The second kappa shape index (κ2) is 13.8. The molecule has 0 bridgehead atoms. The van der Waals surface area contributed by atoms with E-state index in [4.69, 9.17) is 4.42 Å². The third-order valence-electron chi connectivity index (χ3n) is 15.7. The maximum atomic E-state index is 7.37. The highest BCUT2D eigenvalue weighted by molar-refractivity contribution is 7.25. The average molecular weight is 901 g/mol. The summed E-state index contributed by atoms with van der Waals surface area (Å²) in [5.74, 6) is 0. The lowest BCUT2D eigenvalue weighted by Gasteiger charge is -2.27. The van der Waals surface area contributed by atoms with Crippen molar-refractivity contribution in [3.63, 3.8) is 0 Å². The molecule has 1 aliphatic carbocycles. The summed E-state index contributed by atoms with van der Waals surface area (Å²) in [4.78, 5) is 0. The zero-order valence-corrected chi connectivity index (χ0v) is 42.0. The Bertz CT molecular complexity index is 3990. The average Bonchev–Trinajstić information content (AvgIpc) is 4.02. The second-order valence-electron chi connectivity index (χ2n) is 23.5. The van der Waals surface area contributed by atoms with Crippen molar-refractivity contribution >= 4 is 105 Å². The Balaban J connectivity index is 1.19. The number of rotatable bonds is 3. The number of nitrogens with one attached hydrogen (secondary N) is 1. The number of thiophene rings is 1. The lowest BCUT2D eigenvalue weighted by molar-refractivity contribution is 0.590. The maximum absolute atomic E-state index is 7.37. The molecular formula is C63H57BN2OS. The predicted molar refractivity (Wildman–Crippen MR) is 296 cm³/mol. The number of benzene rings is 8. The molecule has 1 aliphatic heterocycles. The summed E-state index contributed by atoms with van der Waals surface area (Å²) in [6, 6.07) is 51.2. The molecular weight excluding hydrogens is 844 g/mol. The molecule has 0 amide bonds. The van der Waals surface area contributed by atoms with Crippen LogP contribution >= 0.6 is 11.3 Å². The van der Waals surface area contributed by atoms with Crippen molar-refractivity contribution in [2.24, 2.45) is 0 Å². The van der Waals surface area contributed by atoms with Gasteiger partial charge < -0.3 is 14.3 Å². The number of para-hydroxylation sites is 1. The van der Waals surface area contributed by atoms with E-state index >= 15 is 0 Å². The Morgan fingerprint density at radius 2 is 1.22 bits per heavy atom. The molecule has 0 radical (unpaired) electrons. The summed E-state index contributed by atoms with van der Waals surface area (Å²) in [5.41, 5.74) is 22.2. The number of nitrogens with zero attached hydrogens (tertiary/aromatic N) is 1. The Morgan fingerprint density at radius 3 is 1.97 bits per heavy atom. The highest BCUT2D eigenvalue weighted by Crippen LogP contribution is 2.52. The van der Waals surface area contributed by atoms with Crippen molar-refractivity contribution in [1.29, 1.82) is 0 Å². The van der Waals surface area contributed by atoms with Crippen LogP contribution in [0.5, 0.6) is 0 Å². The molecule has 0 fully saturated rings. The third kappa shape index (κ3) is 5.90. The van der Waals surface area contributed by atoms with Crippen molar-refractivity contribution in [3.05, 3.63) is 161 Å². The van der Waals surface area contributed by atoms with Crippen LogP contribution in [0.3, 0.4) is 0 Å². The van der Waals surface area contributed by atoms with Crippen LogP contribution in [-0.4, -0.2) is 11.8 Å². The summed E-state index contributed by atoms with van der Waals surface area (Å²) < 4.78 is 12.6. The van der Waals surface area contributed by atoms with E-state index in [1.807, 2.05) is 11.3 Å². The first-order valence-corrected chi connectivity index (χ1v) is 25.3. The molecule has 3 aromatic heterocycles. The Hall–Kier alpha value is -6.56. The summed E-state index contributed by atoms with van der Waals surface area (Å²) in [6.45, 7) is 25.6. The van der Waals surface area contributed by atoms with Crippen LogP contribution in [-0.2, 0) is 21.7 Å². The van der Waals surface area contributed by atoms with Crippen LogP contribution < -0.4 is 16.2 Å². The lowest BCUT2D eigenvalue weighted by atomic mass is 9.58. The van der Waals surface area contributed by atoms with Gasteiger partial charge in [0.2, 0.25) is 0 Å². The van der Waals surface area contributed by atoms with Gasteiger partial charge in [-0.05, 0) is 121 Å². The Labute approximate surface area is 404 Å². The first-order chi connectivity index (χ1) is 32.3. The third-order valence-corrected chi connectivity index (χ3v) is 16.8. The van der Waals surface area contributed by atoms with Gasteiger partial charge in [0, 0.05) is 75.3 Å². The van der Waals surface area contributed by atoms with Gasteiger partial charge in [0.05, 0.1) is 11.0 Å². The van der Waals surface area contributed by atoms with E-state index in [0.717, 1.165) is 46.3 Å². The number of aromatic nitrogens is 1. The van der Waals surface area contributed by atoms with Gasteiger partial charge in [-0.1, -0.05) is 154 Å². The molecule has 0 saturated carbocycles. The molecule has 0 unspecified atom stereocenters. The van der Waals surface area contributed by atoms with Gasteiger partial charge in [0.1, 0.15) is 11.2 Å². The van der Waals surface area contributed by atoms with Crippen molar-refractivity contribution in [2.75, 3.05) is 5.32 Å². The molecule has 334 valence electrons. The summed E-state index contributed by atoms with van der Waals surface area (Å²) in [7, 11) is 0.767. The number of furan rings is 1. The summed E-state index contributed by atoms with van der Waals surface area (Å²) >= 11 is 1.88. The van der Waals surface area contributed by atoms with E-state index in [2.05, 4.69) is 220 Å². The zero-order valence-electron chi connectivity index (χ0n) is 41.2. The van der Waals surface area contributed by atoms with Gasteiger partial charge in [-0.15, -0.1) is 11.3 Å². The van der Waals surface area contributed by atoms with E-state index in [1.165, 1.54) is 103 Å². The van der Waals surface area contributed by atoms with Crippen LogP contribution in [0, 0.1) is 0 Å². The maximum Gasteiger partial charge on any atom is 0.198 e. The fourth-order valence-corrected chi connectivity index (χ4v) is 13.0. The van der Waals surface area contributed by atoms with E-state index in [9.17, 15) is 0 Å². The van der Waals surface area contributed by atoms with Gasteiger partial charge in [-0.25, -0.2) is 0 Å². The minimum atomic E-state index is -0.129. The highest BCUT2D eigenvalue weighted by atomic mass is 32.1. The van der Waals surface area contributed by atoms with Crippen LogP contribution in [0.25, 0.3) is 91.9 Å². The Kier molecular flexibility index (Phi) is 8.44. The minimum Gasteiger partial charge on any atom is -0.455 e. The zero-order chi connectivity index (χ0) is 47.0. The van der Waals surface area contributed by atoms with Crippen molar-refractivity contribution < 1.29 is 4.42 Å². The standard InChI is InChI=1S/C63H57BN2OS/c1-60(2,3)34-20-24-37(25-21-34)65-48-33-53-42(41-28-36(62(7,8)9)23-27-52(41)68-53)30-43(48)56-57-58-54(55-39-17-13-15-19-51(39)67-59(55)56)44-29-35(61(4,5)6)22-26-49(44)66(58)50-32-46-40(31-47(50)64-57)38-16-12-14-18-45(38)63(46,10)11/h12-33,64-65H,1-11H3. The first kappa shape index (κ1) is 41.6. The monoisotopic (exact) mass is 900 g/mol. The van der Waals surface area contributed by atoms with E-state index in [-0.39, 0.29) is 21.7 Å². The topological polar surface area (TPSA) is 30.1 Å². The molecule has 11 aromatic rings. The van der Waals surface area contributed by atoms with Crippen molar-refractivity contribution in [2.45, 2.75) is 97.8 Å².